The first-order valence-corrected chi connectivity index (χ1v) is 8.39. The van der Waals surface area contributed by atoms with Gasteiger partial charge in [0.25, 0.3) is 0 Å². The van der Waals surface area contributed by atoms with Crippen LogP contribution in [-0.4, -0.2) is 22.1 Å². The molecule has 0 spiro atoms. The molecule has 0 saturated heterocycles. The number of unbranched alkanes of at least 4 members (excludes halogenated alkanes) is 1. The van der Waals surface area contributed by atoms with E-state index in [1.54, 1.807) is 0 Å². The lowest BCUT2D eigenvalue weighted by molar-refractivity contribution is 0.602. The number of imidazole rings is 1. The third-order valence-electron chi connectivity index (χ3n) is 4.38. The Morgan fingerprint density at radius 3 is 3.00 bits per heavy atom. The fraction of sp³-hybridized carbons (Fsp3) is 0.444. The van der Waals surface area contributed by atoms with Gasteiger partial charge in [0.2, 0.25) is 0 Å². The average molecular weight is 311 g/mol. The first-order valence-electron chi connectivity index (χ1n) is 8.39. The standard InChI is InChI=1S/C18H25N5/c1-14-20-10-12-23(14)11-3-2-9-21-18(19)22-17-8-7-15-5-4-6-16(15)13-17/h7-8,10,12-13H,2-6,9,11H2,1H3,(H3,19,21,22). The van der Waals surface area contributed by atoms with E-state index in [1.807, 2.05) is 19.3 Å². The predicted octanol–water partition coefficient (Wildman–Crippen LogP) is 2.89. The minimum Gasteiger partial charge on any atom is -0.370 e. The Bertz CT molecular complexity index is 686. The van der Waals surface area contributed by atoms with Gasteiger partial charge in [-0.25, -0.2) is 4.98 Å². The molecule has 0 amide bonds. The van der Waals surface area contributed by atoms with Crippen LogP contribution in [0.25, 0.3) is 0 Å². The van der Waals surface area contributed by atoms with E-state index in [0.717, 1.165) is 37.4 Å². The number of fused-ring (bicyclic) bond motifs is 1. The van der Waals surface area contributed by atoms with Crippen molar-refractivity contribution in [2.45, 2.75) is 45.6 Å². The first-order chi connectivity index (χ1) is 11.2. The summed E-state index contributed by atoms with van der Waals surface area (Å²) in [4.78, 5) is 8.63. The number of nitrogens with two attached hydrogens (primary N) is 1. The van der Waals surface area contributed by atoms with Crippen molar-refractivity contribution >= 4 is 11.6 Å². The number of aromatic nitrogens is 2. The van der Waals surface area contributed by atoms with Crippen molar-refractivity contribution in [1.29, 1.82) is 0 Å². The van der Waals surface area contributed by atoms with Crippen molar-refractivity contribution in [2.75, 3.05) is 11.9 Å². The smallest absolute Gasteiger partial charge is 0.193 e. The second kappa shape index (κ2) is 7.31. The van der Waals surface area contributed by atoms with E-state index in [0.29, 0.717) is 5.96 Å². The minimum absolute atomic E-state index is 0.502. The summed E-state index contributed by atoms with van der Waals surface area (Å²) in [5, 5.41) is 3.20. The van der Waals surface area contributed by atoms with Crippen LogP contribution in [0.1, 0.15) is 36.2 Å². The SMILES string of the molecule is Cc1nccn1CCCCN=C(N)Nc1ccc2c(c1)CCC2. The second-order valence-corrected chi connectivity index (χ2v) is 6.10. The molecule has 23 heavy (non-hydrogen) atoms. The molecule has 3 N–H and O–H groups in total. The summed E-state index contributed by atoms with van der Waals surface area (Å²) in [6, 6.07) is 6.49. The summed E-state index contributed by atoms with van der Waals surface area (Å²) in [5.74, 6) is 1.56. The van der Waals surface area contributed by atoms with Crippen LogP contribution in [0.2, 0.25) is 0 Å². The van der Waals surface area contributed by atoms with Crippen LogP contribution in [0.3, 0.4) is 0 Å². The Morgan fingerprint density at radius 1 is 1.30 bits per heavy atom. The number of aryl methyl sites for hydroxylation is 4. The van der Waals surface area contributed by atoms with Crippen LogP contribution in [0.15, 0.2) is 35.6 Å². The van der Waals surface area contributed by atoms with Gasteiger partial charge < -0.3 is 15.6 Å². The molecular formula is C18H25N5. The van der Waals surface area contributed by atoms with Crippen LogP contribution >= 0.6 is 0 Å². The van der Waals surface area contributed by atoms with Gasteiger partial charge in [0.1, 0.15) is 5.82 Å². The monoisotopic (exact) mass is 311 g/mol. The molecule has 3 rings (SSSR count). The molecule has 0 fully saturated rings. The summed E-state index contributed by atoms with van der Waals surface area (Å²) in [5.41, 5.74) is 9.93. The largest absolute Gasteiger partial charge is 0.370 e. The van der Waals surface area contributed by atoms with Crippen molar-refractivity contribution in [3.8, 4) is 0 Å². The fourth-order valence-electron chi connectivity index (χ4n) is 3.07. The molecule has 1 aromatic heterocycles. The fourth-order valence-corrected chi connectivity index (χ4v) is 3.07. The lowest BCUT2D eigenvalue weighted by Gasteiger charge is -2.08. The number of rotatable bonds is 6. The molecule has 1 aromatic carbocycles. The summed E-state index contributed by atoms with van der Waals surface area (Å²) in [7, 11) is 0. The minimum atomic E-state index is 0.502. The molecule has 0 aliphatic heterocycles. The maximum absolute atomic E-state index is 5.98. The van der Waals surface area contributed by atoms with E-state index in [1.165, 1.54) is 30.4 Å². The lowest BCUT2D eigenvalue weighted by Crippen LogP contribution is -2.23. The van der Waals surface area contributed by atoms with E-state index in [2.05, 4.69) is 38.1 Å². The summed E-state index contributed by atoms with van der Waals surface area (Å²) < 4.78 is 2.16. The maximum atomic E-state index is 5.98. The van der Waals surface area contributed by atoms with Gasteiger partial charge in [0, 0.05) is 31.2 Å². The van der Waals surface area contributed by atoms with Crippen LogP contribution < -0.4 is 11.1 Å². The van der Waals surface area contributed by atoms with E-state index in [4.69, 9.17) is 5.73 Å². The van der Waals surface area contributed by atoms with Crippen molar-refractivity contribution < 1.29 is 0 Å². The van der Waals surface area contributed by atoms with Gasteiger partial charge in [-0.3, -0.25) is 4.99 Å². The van der Waals surface area contributed by atoms with Crippen molar-refractivity contribution in [3.05, 3.63) is 47.5 Å². The van der Waals surface area contributed by atoms with Gasteiger partial charge in [-0.2, -0.15) is 0 Å². The van der Waals surface area contributed by atoms with Crippen molar-refractivity contribution in [3.63, 3.8) is 0 Å². The highest BCUT2D eigenvalue weighted by molar-refractivity contribution is 5.92. The van der Waals surface area contributed by atoms with Crippen LogP contribution in [0, 0.1) is 6.92 Å². The maximum Gasteiger partial charge on any atom is 0.193 e. The molecule has 0 saturated carbocycles. The molecule has 122 valence electrons. The molecule has 0 bridgehead atoms. The molecule has 1 aliphatic carbocycles. The van der Waals surface area contributed by atoms with Gasteiger partial charge in [-0.05, 0) is 62.3 Å². The number of hydrogen-bond acceptors (Lipinski definition) is 2. The van der Waals surface area contributed by atoms with Gasteiger partial charge in [-0.1, -0.05) is 6.07 Å². The third-order valence-corrected chi connectivity index (χ3v) is 4.38. The van der Waals surface area contributed by atoms with Crippen molar-refractivity contribution in [1.82, 2.24) is 9.55 Å². The highest BCUT2D eigenvalue weighted by atomic mass is 15.1. The molecular weight excluding hydrogens is 286 g/mol. The zero-order valence-corrected chi connectivity index (χ0v) is 13.8. The molecule has 0 unspecified atom stereocenters. The Labute approximate surface area is 137 Å². The Hall–Kier alpha value is -2.30. The normalized spacial score (nSPS) is 14.0. The number of nitrogens with one attached hydrogen (secondary N) is 1. The molecule has 1 heterocycles. The number of anilines is 1. The van der Waals surface area contributed by atoms with E-state index < -0.39 is 0 Å². The van der Waals surface area contributed by atoms with Crippen molar-refractivity contribution in [2.24, 2.45) is 10.7 Å². The number of aliphatic imine (C=N–C) groups is 1. The highest BCUT2D eigenvalue weighted by Gasteiger charge is 2.10. The Balaban J connectivity index is 1.42. The summed E-state index contributed by atoms with van der Waals surface area (Å²) in [6.07, 6.45) is 9.59. The Kier molecular flexibility index (Phi) is 4.95. The zero-order chi connectivity index (χ0) is 16.1. The number of benzene rings is 1. The molecule has 1 aliphatic rings. The first kappa shape index (κ1) is 15.6. The number of hydrogen-bond donors (Lipinski definition) is 2. The summed E-state index contributed by atoms with van der Waals surface area (Å²) >= 11 is 0. The summed E-state index contributed by atoms with van der Waals surface area (Å²) in [6.45, 7) is 3.76. The van der Waals surface area contributed by atoms with Crippen LogP contribution in [0.4, 0.5) is 5.69 Å². The molecule has 0 atom stereocenters. The third kappa shape index (κ3) is 4.12. The van der Waals surface area contributed by atoms with Crippen LogP contribution in [0.5, 0.6) is 0 Å². The van der Waals surface area contributed by atoms with Gasteiger partial charge in [-0.15, -0.1) is 0 Å². The predicted molar refractivity (Wildman–Crippen MR) is 94.8 cm³/mol. The number of guanidine groups is 1. The van der Waals surface area contributed by atoms with Gasteiger partial charge in [0.15, 0.2) is 5.96 Å². The highest BCUT2D eigenvalue weighted by Crippen LogP contribution is 2.24. The van der Waals surface area contributed by atoms with E-state index in [9.17, 15) is 0 Å². The molecule has 0 radical (unpaired) electrons. The molecule has 2 aromatic rings. The van der Waals surface area contributed by atoms with Gasteiger partial charge in [0.05, 0.1) is 0 Å². The number of nitrogens with zero attached hydrogens (tertiary/aromatic N) is 3. The quantitative estimate of drug-likeness (QED) is 0.490. The van der Waals surface area contributed by atoms with Gasteiger partial charge >= 0.3 is 0 Å². The topological polar surface area (TPSA) is 68.2 Å². The van der Waals surface area contributed by atoms with E-state index in [-0.39, 0.29) is 0 Å². The second-order valence-electron chi connectivity index (χ2n) is 6.10. The Morgan fingerprint density at radius 2 is 2.17 bits per heavy atom. The molecule has 5 heteroatoms. The van der Waals surface area contributed by atoms with Crippen LogP contribution in [-0.2, 0) is 19.4 Å². The zero-order valence-electron chi connectivity index (χ0n) is 13.8. The average Bonchev–Trinajstić information content (AvgIpc) is 3.15. The molecule has 5 nitrogen and oxygen atoms in total. The lowest BCUT2D eigenvalue weighted by atomic mass is 10.1. The van der Waals surface area contributed by atoms with E-state index >= 15 is 0 Å².